The van der Waals surface area contributed by atoms with Gasteiger partial charge >= 0.3 is 6.18 Å². The third-order valence-corrected chi connectivity index (χ3v) is 3.44. The number of halogens is 4. The number of benzene rings is 1. The minimum absolute atomic E-state index is 0.0361. The molecule has 0 radical (unpaired) electrons. The van der Waals surface area contributed by atoms with Crippen molar-refractivity contribution in [2.75, 3.05) is 19.8 Å². The number of hydrogen-bond acceptors (Lipinski definition) is 3. The van der Waals surface area contributed by atoms with Gasteiger partial charge in [0.25, 0.3) is 5.91 Å². The molecule has 1 aliphatic heterocycles. The molecule has 0 aromatic heterocycles. The van der Waals surface area contributed by atoms with Crippen molar-refractivity contribution in [3.05, 3.63) is 35.1 Å². The van der Waals surface area contributed by atoms with Crippen molar-refractivity contribution in [3.8, 4) is 0 Å². The largest absolute Gasteiger partial charge is 0.416 e. The van der Waals surface area contributed by atoms with Crippen LogP contribution in [0, 0.1) is 5.82 Å². The van der Waals surface area contributed by atoms with E-state index in [1.54, 1.807) is 6.92 Å². The zero-order chi connectivity index (χ0) is 16.5. The van der Waals surface area contributed by atoms with Gasteiger partial charge in [0.05, 0.1) is 30.9 Å². The Hall–Kier alpha value is -1.67. The van der Waals surface area contributed by atoms with Crippen LogP contribution in [0.15, 0.2) is 18.2 Å². The highest BCUT2D eigenvalue weighted by atomic mass is 19.4. The molecule has 1 heterocycles. The second kappa shape index (κ2) is 6.21. The molecule has 1 aliphatic rings. The van der Waals surface area contributed by atoms with Crippen molar-refractivity contribution in [2.45, 2.75) is 25.2 Å². The first-order valence-electron chi connectivity index (χ1n) is 6.63. The highest BCUT2D eigenvalue weighted by Crippen LogP contribution is 2.31. The van der Waals surface area contributed by atoms with Crippen LogP contribution in [0.5, 0.6) is 0 Å². The molecule has 0 bridgehead atoms. The Kier molecular flexibility index (Phi) is 4.72. The van der Waals surface area contributed by atoms with Crippen molar-refractivity contribution in [2.24, 2.45) is 0 Å². The van der Waals surface area contributed by atoms with E-state index in [-0.39, 0.29) is 31.4 Å². The van der Waals surface area contributed by atoms with Gasteiger partial charge in [-0.15, -0.1) is 0 Å². The van der Waals surface area contributed by atoms with Gasteiger partial charge in [-0.2, -0.15) is 13.2 Å². The molecule has 1 aromatic rings. The van der Waals surface area contributed by atoms with E-state index in [1.165, 1.54) is 4.90 Å². The molecule has 22 heavy (non-hydrogen) atoms. The number of nitrogens with zero attached hydrogens (tertiary/aromatic N) is 1. The minimum atomic E-state index is -4.73. The molecule has 8 heteroatoms. The molecule has 0 saturated carbocycles. The Balaban J connectivity index is 2.30. The summed E-state index contributed by atoms with van der Waals surface area (Å²) in [5.74, 6) is -1.85. The summed E-state index contributed by atoms with van der Waals surface area (Å²) >= 11 is 0. The van der Waals surface area contributed by atoms with Gasteiger partial charge in [-0.3, -0.25) is 4.79 Å². The molecule has 1 amide bonds. The smallest absolute Gasteiger partial charge is 0.394 e. The number of ether oxygens (including phenoxy) is 1. The fourth-order valence-electron chi connectivity index (χ4n) is 2.25. The van der Waals surface area contributed by atoms with Crippen LogP contribution in [0.3, 0.4) is 0 Å². The fraction of sp³-hybridized carbons (Fsp3) is 0.500. The van der Waals surface area contributed by atoms with E-state index in [4.69, 9.17) is 9.84 Å². The zero-order valence-electron chi connectivity index (χ0n) is 11.7. The van der Waals surface area contributed by atoms with Gasteiger partial charge < -0.3 is 14.7 Å². The van der Waals surface area contributed by atoms with Crippen molar-refractivity contribution >= 4 is 5.91 Å². The lowest BCUT2D eigenvalue weighted by Gasteiger charge is -2.37. The Morgan fingerprint density at radius 2 is 2.09 bits per heavy atom. The van der Waals surface area contributed by atoms with Gasteiger partial charge in [0.2, 0.25) is 0 Å². The van der Waals surface area contributed by atoms with Gasteiger partial charge in [0.15, 0.2) is 0 Å². The van der Waals surface area contributed by atoms with E-state index in [9.17, 15) is 22.4 Å². The third kappa shape index (κ3) is 3.56. The van der Waals surface area contributed by atoms with Crippen LogP contribution in [0.1, 0.15) is 22.8 Å². The van der Waals surface area contributed by atoms with Gasteiger partial charge in [-0.25, -0.2) is 4.39 Å². The van der Waals surface area contributed by atoms with Gasteiger partial charge in [-0.05, 0) is 25.1 Å². The average Bonchev–Trinajstić information content (AvgIpc) is 2.45. The summed E-state index contributed by atoms with van der Waals surface area (Å²) in [6.07, 6.45) is -5.34. The highest BCUT2D eigenvalue weighted by molar-refractivity contribution is 5.94. The first-order valence-corrected chi connectivity index (χ1v) is 6.63. The van der Waals surface area contributed by atoms with E-state index in [1.807, 2.05) is 0 Å². The van der Waals surface area contributed by atoms with Crippen LogP contribution in [-0.4, -0.2) is 47.8 Å². The number of amides is 1. The standard InChI is InChI=1S/C14H15F4NO3/c1-8-7-22-12(6-20)5-19(8)13(21)9-2-10(14(16,17)18)4-11(15)3-9/h2-4,8,12,20H,5-7H2,1H3. The van der Waals surface area contributed by atoms with Crippen molar-refractivity contribution in [3.63, 3.8) is 0 Å². The molecular weight excluding hydrogens is 306 g/mol. The molecule has 2 atom stereocenters. The second-order valence-electron chi connectivity index (χ2n) is 5.17. The quantitative estimate of drug-likeness (QED) is 0.849. The Morgan fingerprint density at radius 1 is 1.41 bits per heavy atom. The normalized spacial score (nSPS) is 22.7. The molecule has 2 rings (SSSR count). The average molecular weight is 321 g/mol. The highest BCUT2D eigenvalue weighted by Gasteiger charge is 2.34. The molecule has 0 spiro atoms. The maximum absolute atomic E-state index is 13.4. The molecule has 1 fully saturated rings. The molecular formula is C14H15F4NO3. The molecule has 122 valence electrons. The molecule has 1 N–H and O–H groups in total. The molecule has 1 aromatic carbocycles. The minimum Gasteiger partial charge on any atom is -0.394 e. The monoisotopic (exact) mass is 321 g/mol. The van der Waals surface area contributed by atoms with Crippen LogP contribution in [-0.2, 0) is 10.9 Å². The lowest BCUT2D eigenvalue weighted by molar-refractivity contribution is -0.137. The summed E-state index contributed by atoms with van der Waals surface area (Å²) in [4.78, 5) is 13.6. The number of aliphatic hydroxyl groups excluding tert-OH is 1. The molecule has 0 aliphatic carbocycles. The number of carbonyl (C=O) groups excluding carboxylic acids is 1. The predicted molar refractivity (Wildman–Crippen MR) is 68.7 cm³/mol. The summed E-state index contributed by atoms with van der Waals surface area (Å²) < 4.78 is 56.8. The first-order chi connectivity index (χ1) is 10.2. The fourth-order valence-corrected chi connectivity index (χ4v) is 2.25. The van der Waals surface area contributed by atoms with E-state index in [2.05, 4.69) is 0 Å². The maximum atomic E-state index is 13.4. The molecule has 1 saturated heterocycles. The van der Waals surface area contributed by atoms with Crippen molar-refractivity contribution < 1.29 is 32.2 Å². The van der Waals surface area contributed by atoms with Crippen LogP contribution >= 0.6 is 0 Å². The van der Waals surface area contributed by atoms with Gasteiger partial charge in [-0.1, -0.05) is 0 Å². The number of alkyl halides is 3. The van der Waals surface area contributed by atoms with Crippen molar-refractivity contribution in [1.29, 1.82) is 0 Å². The number of hydrogen-bond donors (Lipinski definition) is 1. The lowest BCUT2D eigenvalue weighted by Crippen LogP contribution is -2.52. The van der Waals surface area contributed by atoms with E-state index in [0.717, 1.165) is 6.07 Å². The summed E-state index contributed by atoms with van der Waals surface area (Å²) in [5.41, 5.74) is -1.59. The number of carbonyl (C=O) groups is 1. The SMILES string of the molecule is CC1COC(CO)CN1C(=O)c1cc(F)cc(C(F)(F)F)c1. The Morgan fingerprint density at radius 3 is 2.68 bits per heavy atom. The third-order valence-electron chi connectivity index (χ3n) is 3.44. The van der Waals surface area contributed by atoms with Crippen LogP contribution < -0.4 is 0 Å². The topological polar surface area (TPSA) is 49.8 Å². The maximum Gasteiger partial charge on any atom is 0.416 e. The van der Waals surface area contributed by atoms with E-state index in [0.29, 0.717) is 12.1 Å². The Labute approximate surface area is 124 Å². The van der Waals surface area contributed by atoms with E-state index >= 15 is 0 Å². The van der Waals surface area contributed by atoms with Gasteiger partial charge in [0, 0.05) is 12.1 Å². The van der Waals surface area contributed by atoms with E-state index < -0.39 is 29.6 Å². The van der Waals surface area contributed by atoms with Gasteiger partial charge in [0.1, 0.15) is 5.82 Å². The Bertz CT molecular complexity index is 562. The molecule has 2 unspecified atom stereocenters. The predicted octanol–water partition coefficient (Wildman–Crippen LogP) is 2.07. The summed E-state index contributed by atoms with van der Waals surface area (Å²) in [6.45, 7) is 1.54. The van der Waals surface area contributed by atoms with Crippen LogP contribution in [0.25, 0.3) is 0 Å². The lowest BCUT2D eigenvalue weighted by atomic mass is 10.1. The van der Waals surface area contributed by atoms with Crippen LogP contribution in [0.2, 0.25) is 0 Å². The molecule has 4 nitrogen and oxygen atoms in total. The zero-order valence-corrected chi connectivity index (χ0v) is 11.7. The summed E-state index contributed by atoms with van der Waals surface area (Å²) in [5, 5.41) is 9.07. The first kappa shape index (κ1) is 16.7. The second-order valence-corrected chi connectivity index (χ2v) is 5.17. The van der Waals surface area contributed by atoms with Crippen LogP contribution in [0.4, 0.5) is 17.6 Å². The number of rotatable bonds is 2. The summed E-state index contributed by atoms with van der Waals surface area (Å²) in [7, 11) is 0. The summed E-state index contributed by atoms with van der Waals surface area (Å²) in [6, 6.07) is 1.36. The van der Waals surface area contributed by atoms with Crippen molar-refractivity contribution in [1.82, 2.24) is 4.90 Å². The number of morpholine rings is 1. The number of aliphatic hydroxyl groups is 1.